The maximum Gasteiger partial charge on any atom is 0.408 e. The van der Waals surface area contributed by atoms with Gasteiger partial charge in [-0.3, -0.25) is 9.36 Å². The molecule has 2 aromatic heterocycles. The van der Waals surface area contributed by atoms with Crippen molar-refractivity contribution in [1.29, 1.82) is 0 Å². The average molecular weight is 615 g/mol. The SMILES string of the molecule is C[C@H](NC(=O)OC(C)(C)C)C(=O)CC1CCC(Oc2cc(-n3c(C(F)F)nc4ccccc43)nc(N3CCOCC3)n2)CC1. The van der Waals surface area contributed by atoms with Crippen LogP contribution in [0.3, 0.4) is 0 Å². The Kier molecular flexibility index (Phi) is 9.62. The fourth-order valence-electron chi connectivity index (χ4n) is 5.56. The van der Waals surface area contributed by atoms with Gasteiger partial charge in [0.2, 0.25) is 11.8 Å². The number of carbonyl (C=O) groups is 2. The van der Waals surface area contributed by atoms with E-state index in [1.165, 1.54) is 4.57 Å². The third-order valence-electron chi connectivity index (χ3n) is 7.77. The number of ether oxygens (including phenoxy) is 3. The minimum absolute atomic E-state index is 0.0433. The highest BCUT2D eigenvalue weighted by Gasteiger charge is 2.29. The van der Waals surface area contributed by atoms with Gasteiger partial charge >= 0.3 is 6.09 Å². The number of para-hydroxylation sites is 2. The van der Waals surface area contributed by atoms with E-state index in [4.69, 9.17) is 14.2 Å². The number of morpholine rings is 1. The maximum absolute atomic E-state index is 14.1. The molecule has 1 atom stereocenters. The predicted octanol–water partition coefficient (Wildman–Crippen LogP) is 5.40. The van der Waals surface area contributed by atoms with Crippen LogP contribution in [0.5, 0.6) is 5.88 Å². The number of anilines is 1. The van der Waals surface area contributed by atoms with Crippen LogP contribution in [-0.4, -0.2) is 75.4 Å². The Balaban J connectivity index is 1.29. The molecule has 3 heterocycles. The number of imidazole rings is 1. The molecule has 1 saturated heterocycles. The van der Waals surface area contributed by atoms with E-state index >= 15 is 0 Å². The van der Waals surface area contributed by atoms with Crippen LogP contribution in [-0.2, 0) is 14.3 Å². The fourth-order valence-corrected chi connectivity index (χ4v) is 5.56. The topological polar surface area (TPSA) is 121 Å². The van der Waals surface area contributed by atoms with Crippen LogP contribution in [0.4, 0.5) is 19.5 Å². The summed E-state index contributed by atoms with van der Waals surface area (Å²) in [5.74, 6) is 0.656. The van der Waals surface area contributed by atoms with Gasteiger partial charge in [0.05, 0.1) is 30.3 Å². The third-order valence-corrected chi connectivity index (χ3v) is 7.77. The van der Waals surface area contributed by atoms with Crippen molar-refractivity contribution in [1.82, 2.24) is 24.8 Å². The summed E-state index contributed by atoms with van der Waals surface area (Å²) in [7, 11) is 0. The van der Waals surface area contributed by atoms with E-state index in [-0.39, 0.29) is 23.6 Å². The number of carbonyl (C=O) groups excluding carboxylic acids is 2. The summed E-state index contributed by atoms with van der Waals surface area (Å²) in [4.78, 5) is 40.3. The number of benzene rings is 1. The van der Waals surface area contributed by atoms with E-state index in [0.29, 0.717) is 68.4 Å². The molecule has 0 radical (unpaired) electrons. The molecule has 1 aliphatic heterocycles. The molecule has 1 N–H and O–H groups in total. The lowest BCUT2D eigenvalue weighted by molar-refractivity contribution is -0.122. The molecule has 11 nitrogen and oxygen atoms in total. The van der Waals surface area contributed by atoms with Crippen molar-refractivity contribution in [3.05, 3.63) is 36.2 Å². The number of aromatic nitrogens is 4. The van der Waals surface area contributed by atoms with Gasteiger partial charge in [0, 0.05) is 25.6 Å². The second-order valence-corrected chi connectivity index (χ2v) is 12.4. The molecule has 13 heteroatoms. The van der Waals surface area contributed by atoms with E-state index in [1.54, 1.807) is 58.0 Å². The summed E-state index contributed by atoms with van der Waals surface area (Å²) in [6.45, 7) is 9.13. The normalized spacial score (nSPS) is 20.0. The first-order valence-electron chi connectivity index (χ1n) is 15.1. The molecule has 44 heavy (non-hydrogen) atoms. The molecular weight excluding hydrogens is 574 g/mol. The van der Waals surface area contributed by atoms with Crippen LogP contribution >= 0.6 is 0 Å². The summed E-state index contributed by atoms with van der Waals surface area (Å²) in [6, 6.07) is 7.90. The van der Waals surface area contributed by atoms with Gasteiger partial charge < -0.3 is 24.4 Å². The first-order chi connectivity index (χ1) is 21.0. The van der Waals surface area contributed by atoms with Gasteiger partial charge in [-0.05, 0) is 71.4 Å². The van der Waals surface area contributed by atoms with Crippen LogP contribution in [0.15, 0.2) is 30.3 Å². The van der Waals surface area contributed by atoms with Crippen molar-refractivity contribution in [2.75, 3.05) is 31.2 Å². The van der Waals surface area contributed by atoms with Crippen LogP contribution in [0.2, 0.25) is 0 Å². The number of nitrogens with zero attached hydrogens (tertiary/aromatic N) is 5. The molecule has 2 fully saturated rings. The quantitative estimate of drug-likeness (QED) is 0.338. The van der Waals surface area contributed by atoms with Gasteiger partial charge in [0.15, 0.2) is 11.6 Å². The minimum atomic E-state index is -2.81. The highest BCUT2D eigenvalue weighted by Crippen LogP contribution is 2.33. The highest BCUT2D eigenvalue weighted by atomic mass is 19.3. The first kappa shape index (κ1) is 31.6. The number of Topliss-reactive ketones (excluding diaryl/α,β-unsaturated/α-hetero) is 1. The van der Waals surface area contributed by atoms with Crippen LogP contribution in [0.1, 0.15) is 72.0 Å². The van der Waals surface area contributed by atoms with Crippen molar-refractivity contribution in [2.24, 2.45) is 5.92 Å². The number of alkyl carbamates (subject to hydrolysis) is 1. The van der Waals surface area contributed by atoms with Crippen LogP contribution < -0.4 is 15.0 Å². The van der Waals surface area contributed by atoms with Crippen molar-refractivity contribution >= 4 is 28.9 Å². The van der Waals surface area contributed by atoms with Gasteiger partial charge in [-0.15, -0.1) is 0 Å². The molecule has 0 bridgehead atoms. The van der Waals surface area contributed by atoms with Crippen LogP contribution in [0, 0.1) is 5.92 Å². The zero-order chi connectivity index (χ0) is 31.4. The fraction of sp³-hybridized carbons (Fsp3) is 0.581. The molecular formula is C31H40F2N6O5. The van der Waals surface area contributed by atoms with Crippen molar-refractivity contribution in [3.8, 4) is 11.7 Å². The second-order valence-electron chi connectivity index (χ2n) is 12.4. The molecule has 0 unspecified atom stereocenters. The van der Waals surface area contributed by atoms with Gasteiger partial charge in [-0.25, -0.2) is 18.6 Å². The summed E-state index contributed by atoms with van der Waals surface area (Å²) >= 11 is 0. The molecule has 5 rings (SSSR count). The Morgan fingerprint density at radius 3 is 2.45 bits per heavy atom. The van der Waals surface area contributed by atoms with Crippen molar-refractivity contribution in [3.63, 3.8) is 0 Å². The lowest BCUT2D eigenvalue weighted by Crippen LogP contribution is -2.42. The number of ketones is 1. The van der Waals surface area contributed by atoms with Gasteiger partial charge in [-0.2, -0.15) is 9.97 Å². The standard InChI is InChI=1S/C31H40F2N6O5/c1-19(34-30(41)44-31(2,3)4)24(40)17-20-9-11-21(12-10-20)43-26-18-25(36-29(37-26)38-13-15-42-16-14-38)39-23-8-6-5-7-22(23)35-28(39)27(32)33/h5-8,18-21,27H,9-17H2,1-4H3,(H,34,41)/t19-,20?,21?/m0/s1. The Labute approximate surface area is 255 Å². The first-order valence-corrected chi connectivity index (χ1v) is 15.1. The molecule has 1 aliphatic carbocycles. The van der Waals surface area contributed by atoms with E-state index < -0.39 is 30.0 Å². The summed E-state index contributed by atoms with van der Waals surface area (Å²) in [6.07, 6.45) is -0.283. The third kappa shape index (κ3) is 7.79. The Bertz CT molecular complexity index is 1460. The molecule has 238 valence electrons. The van der Waals surface area contributed by atoms with E-state index in [0.717, 1.165) is 12.8 Å². The molecule has 1 amide bonds. The second kappa shape index (κ2) is 13.4. The number of nitrogens with one attached hydrogen (secondary N) is 1. The number of amides is 1. The minimum Gasteiger partial charge on any atom is -0.474 e. The number of fused-ring (bicyclic) bond motifs is 1. The van der Waals surface area contributed by atoms with Crippen molar-refractivity contribution < 1.29 is 32.6 Å². The van der Waals surface area contributed by atoms with E-state index in [1.807, 2.05) is 4.90 Å². The summed E-state index contributed by atoms with van der Waals surface area (Å²) in [5.41, 5.74) is 0.317. The summed E-state index contributed by atoms with van der Waals surface area (Å²) in [5, 5.41) is 2.62. The van der Waals surface area contributed by atoms with E-state index in [2.05, 4.69) is 20.3 Å². The average Bonchev–Trinajstić information content (AvgIpc) is 3.38. The maximum atomic E-state index is 14.1. The predicted molar refractivity (Wildman–Crippen MR) is 159 cm³/mol. The Morgan fingerprint density at radius 1 is 1.07 bits per heavy atom. The van der Waals surface area contributed by atoms with Gasteiger partial charge in [-0.1, -0.05) is 12.1 Å². The molecule has 1 aromatic carbocycles. The largest absolute Gasteiger partial charge is 0.474 e. The zero-order valence-corrected chi connectivity index (χ0v) is 25.6. The molecule has 0 spiro atoms. The summed E-state index contributed by atoms with van der Waals surface area (Å²) < 4.78 is 46.8. The number of hydrogen-bond acceptors (Lipinski definition) is 9. The van der Waals surface area contributed by atoms with Gasteiger partial charge in [0.25, 0.3) is 6.43 Å². The number of halogens is 2. The smallest absolute Gasteiger partial charge is 0.408 e. The molecule has 2 aliphatic rings. The lowest BCUT2D eigenvalue weighted by atomic mass is 9.83. The number of alkyl halides is 2. The molecule has 1 saturated carbocycles. The number of hydrogen-bond donors (Lipinski definition) is 1. The Hall–Kier alpha value is -3.87. The lowest BCUT2D eigenvalue weighted by Gasteiger charge is -2.30. The van der Waals surface area contributed by atoms with E-state index in [9.17, 15) is 18.4 Å². The monoisotopic (exact) mass is 614 g/mol. The highest BCUT2D eigenvalue weighted by molar-refractivity contribution is 5.87. The van der Waals surface area contributed by atoms with Crippen LogP contribution in [0.25, 0.3) is 16.9 Å². The number of rotatable bonds is 9. The molecule has 3 aromatic rings. The zero-order valence-electron chi connectivity index (χ0n) is 25.6. The Morgan fingerprint density at radius 2 is 1.77 bits per heavy atom. The van der Waals surface area contributed by atoms with Gasteiger partial charge in [0.1, 0.15) is 17.5 Å². The van der Waals surface area contributed by atoms with Crippen molar-refractivity contribution in [2.45, 2.75) is 84.0 Å².